The second-order valence-electron chi connectivity index (χ2n) is 5.86. The summed E-state index contributed by atoms with van der Waals surface area (Å²) >= 11 is 0. The van der Waals surface area contributed by atoms with Crippen LogP contribution in [0.2, 0.25) is 0 Å². The zero-order valence-electron chi connectivity index (χ0n) is 13.1. The van der Waals surface area contributed by atoms with Gasteiger partial charge in [0.1, 0.15) is 0 Å². The Kier molecular flexibility index (Phi) is 5.14. The van der Waals surface area contributed by atoms with E-state index in [1.54, 1.807) is 7.11 Å². The molecule has 2 aromatic rings. The Morgan fingerprint density at radius 1 is 1.14 bits per heavy atom. The van der Waals surface area contributed by atoms with Crippen LogP contribution in [0.5, 0.6) is 0 Å². The van der Waals surface area contributed by atoms with Gasteiger partial charge in [-0.1, -0.05) is 36.8 Å². The number of hydrogen-bond donors (Lipinski definition) is 0. The van der Waals surface area contributed by atoms with Gasteiger partial charge in [-0.25, -0.2) is 9.97 Å². The van der Waals surface area contributed by atoms with Gasteiger partial charge in [-0.05, 0) is 19.4 Å². The smallest absolute Gasteiger partial charge is 0.159 e. The standard InChI is InChI=1S/C18H23N3O/c1-22-14-17-9-5-6-10-21(17)13-15-11-19-18(20-12-15)16-7-3-2-4-8-16/h2-4,7-8,11-12,17H,5-6,9-10,13-14H2,1H3/t17-/m0/s1. The second-order valence-corrected chi connectivity index (χ2v) is 5.86. The summed E-state index contributed by atoms with van der Waals surface area (Å²) in [5, 5.41) is 0. The summed E-state index contributed by atoms with van der Waals surface area (Å²) < 4.78 is 5.35. The van der Waals surface area contributed by atoms with Crippen LogP contribution < -0.4 is 0 Å². The first-order chi connectivity index (χ1) is 10.9. The first-order valence-electron chi connectivity index (χ1n) is 7.96. The predicted octanol–water partition coefficient (Wildman–Crippen LogP) is 3.14. The van der Waals surface area contributed by atoms with Crippen LogP contribution in [0.25, 0.3) is 11.4 Å². The van der Waals surface area contributed by atoms with E-state index in [2.05, 4.69) is 14.9 Å². The van der Waals surface area contributed by atoms with E-state index in [0.29, 0.717) is 6.04 Å². The summed E-state index contributed by atoms with van der Waals surface area (Å²) in [5.41, 5.74) is 2.23. The van der Waals surface area contributed by atoms with Crippen molar-refractivity contribution in [2.45, 2.75) is 31.8 Å². The predicted molar refractivity (Wildman–Crippen MR) is 87.4 cm³/mol. The minimum absolute atomic E-state index is 0.521. The summed E-state index contributed by atoms with van der Waals surface area (Å²) in [6.45, 7) is 2.85. The third-order valence-electron chi connectivity index (χ3n) is 4.23. The Morgan fingerprint density at radius 2 is 1.91 bits per heavy atom. The molecule has 1 aliphatic rings. The highest BCUT2D eigenvalue weighted by Crippen LogP contribution is 2.20. The minimum Gasteiger partial charge on any atom is -0.383 e. The molecule has 0 saturated carbocycles. The van der Waals surface area contributed by atoms with Crippen LogP contribution in [0.4, 0.5) is 0 Å². The van der Waals surface area contributed by atoms with Crippen molar-refractivity contribution < 1.29 is 4.74 Å². The highest BCUT2D eigenvalue weighted by atomic mass is 16.5. The zero-order chi connectivity index (χ0) is 15.2. The highest BCUT2D eigenvalue weighted by molar-refractivity contribution is 5.53. The van der Waals surface area contributed by atoms with Crippen molar-refractivity contribution in [2.24, 2.45) is 0 Å². The molecule has 0 amide bonds. The summed E-state index contributed by atoms with van der Waals surface area (Å²) in [6.07, 6.45) is 7.69. The van der Waals surface area contributed by atoms with E-state index >= 15 is 0 Å². The van der Waals surface area contributed by atoms with Crippen molar-refractivity contribution in [1.82, 2.24) is 14.9 Å². The molecule has 1 aromatic heterocycles. The quantitative estimate of drug-likeness (QED) is 0.850. The van der Waals surface area contributed by atoms with Gasteiger partial charge in [-0.2, -0.15) is 0 Å². The first-order valence-corrected chi connectivity index (χ1v) is 7.96. The number of likely N-dealkylation sites (tertiary alicyclic amines) is 1. The molecule has 4 nitrogen and oxygen atoms in total. The van der Waals surface area contributed by atoms with Gasteiger partial charge in [0.2, 0.25) is 0 Å². The summed E-state index contributed by atoms with van der Waals surface area (Å²) in [6, 6.07) is 10.6. The van der Waals surface area contributed by atoms with Gasteiger partial charge >= 0.3 is 0 Å². The molecule has 1 aromatic carbocycles. The van der Waals surface area contributed by atoms with Gasteiger partial charge in [0.15, 0.2) is 5.82 Å². The van der Waals surface area contributed by atoms with Crippen molar-refractivity contribution in [3.63, 3.8) is 0 Å². The number of methoxy groups -OCH3 is 1. The van der Waals surface area contributed by atoms with Gasteiger partial charge in [0.05, 0.1) is 6.61 Å². The Balaban J connectivity index is 1.68. The maximum absolute atomic E-state index is 5.35. The SMILES string of the molecule is COC[C@@H]1CCCCN1Cc1cnc(-c2ccccc2)nc1. The largest absolute Gasteiger partial charge is 0.383 e. The van der Waals surface area contributed by atoms with Crippen LogP contribution in [0, 0.1) is 0 Å². The van der Waals surface area contributed by atoms with Crippen molar-refractivity contribution >= 4 is 0 Å². The van der Waals surface area contributed by atoms with E-state index < -0.39 is 0 Å². The zero-order valence-corrected chi connectivity index (χ0v) is 13.1. The molecule has 1 aliphatic heterocycles. The normalized spacial score (nSPS) is 19.2. The summed E-state index contributed by atoms with van der Waals surface area (Å²) in [5.74, 6) is 0.788. The number of rotatable bonds is 5. The van der Waals surface area contributed by atoms with E-state index in [1.807, 2.05) is 42.7 Å². The van der Waals surface area contributed by atoms with Crippen LogP contribution in [0.3, 0.4) is 0 Å². The van der Waals surface area contributed by atoms with E-state index in [0.717, 1.165) is 31.1 Å². The van der Waals surface area contributed by atoms with Crippen LogP contribution in [-0.4, -0.2) is 41.2 Å². The van der Waals surface area contributed by atoms with Crippen molar-refractivity contribution in [2.75, 3.05) is 20.3 Å². The molecule has 0 aliphatic carbocycles. The summed E-state index contributed by atoms with van der Waals surface area (Å²) in [4.78, 5) is 11.5. The molecule has 0 spiro atoms. The molecule has 22 heavy (non-hydrogen) atoms. The Bertz CT molecular complexity index is 569. The van der Waals surface area contributed by atoms with Gasteiger partial charge in [0, 0.05) is 43.2 Å². The van der Waals surface area contributed by atoms with Crippen LogP contribution in [-0.2, 0) is 11.3 Å². The van der Waals surface area contributed by atoms with Crippen LogP contribution >= 0.6 is 0 Å². The molecular formula is C18H23N3O. The lowest BCUT2D eigenvalue weighted by Gasteiger charge is -2.35. The van der Waals surface area contributed by atoms with Crippen LogP contribution in [0.1, 0.15) is 24.8 Å². The average molecular weight is 297 g/mol. The first kappa shape index (κ1) is 15.1. The minimum atomic E-state index is 0.521. The average Bonchev–Trinajstić information content (AvgIpc) is 2.58. The molecular weight excluding hydrogens is 274 g/mol. The molecule has 2 heterocycles. The van der Waals surface area contributed by atoms with Gasteiger partial charge in [0.25, 0.3) is 0 Å². The molecule has 0 unspecified atom stereocenters. The fraction of sp³-hybridized carbons (Fsp3) is 0.444. The molecule has 116 valence electrons. The molecule has 1 atom stereocenters. The maximum Gasteiger partial charge on any atom is 0.159 e. The third-order valence-corrected chi connectivity index (χ3v) is 4.23. The third kappa shape index (κ3) is 3.70. The van der Waals surface area contributed by atoms with Crippen molar-refractivity contribution in [1.29, 1.82) is 0 Å². The molecule has 1 saturated heterocycles. The highest BCUT2D eigenvalue weighted by Gasteiger charge is 2.22. The molecule has 0 radical (unpaired) electrons. The fourth-order valence-electron chi connectivity index (χ4n) is 3.06. The van der Waals surface area contributed by atoms with Crippen molar-refractivity contribution in [3.05, 3.63) is 48.3 Å². The van der Waals surface area contributed by atoms with E-state index in [1.165, 1.54) is 24.8 Å². The van der Waals surface area contributed by atoms with Gasteiger partial charge in [-0.3, -0.25) is 4.90 Å². The number of aromatic nitrogens is 2. The fourth-order valence-corrected chi connectivity index (χ4v) is 3.06. The lowest BCUT2D eigenvalue weighted by Crippen LogP contribution is -2.41. The van der Waals surface area contributed by atoms with Crippen LogP contribution in [0.15, 0.2) is 42.7 Å². The maximum atomic E-state index is 5.35. The Morgan fingerprint density at radius 3 is 2.64 bits per heavy atom. The van der Waals surface area contributed by atoms with Gasteiger partial charge < -0.3 is 4.74 Å². The van der Waals surface area contributed by atoms with E-state index in [4.69, 9.17) is 4.74 Å². The monoisotopic (exact) mass is 297 g/mol. The molecule has 4 heteroatoms. The van der Waals surface area contributed by atoms with Crippen molar-refractivity contribution in [3.8, 4) is 11.4 Å². The number of nitrogens with zero attached hydrogens (tertiary/aromatic N) is 3. The number of ether oxygens (including phenoxy) is 1. The lowest BCUT2D eigenvalue weighted by atomic mass is 10.0. The summed E-state index contributed by atoms with van der Waals surface area (Å²) in [7, 11) is 1.78. The van der Waals surface area contributed by atoms with E-state index in [9.17, 15) is 0 Å². The number of hydrogen-bond acceptors (Lipinski definition) is 4. The second kappa shape index (κ2) is 7.47. The molecule has 3 rings (SSSR count). The lowest BCUT2D eigenvalue weighted by molar-refractivity contribution is 0.0599. The number of piperidine rings is 1. The van der Waals surface area contributed by atoms with E-state index in [-0.39, 0.29) is 0 Å². The van der Waals surface area contributed by atoms with Gasteiger partial charge in [-0.15, -0.1) is 0 Å². The molecule has 0 N–H and O–H groups in total. The Hall–Kier alpha value is -1.78. The molecule has 1 fully saturated rings. The Labute approximate surface area is 132 Å². The number of benzene rings is 1. The molecule has 0 bridgehead atoms. The topological polar surface area (TPSA) is 38.2 Å².